The van der Waals surface area contributed by atoms with Crippen LogP contribution in [0.3, 0.4) is 0 Å². The Morgan fingerprint density at radius 3 is 2.71 bits per heavy atom. The fourth-order valence-electron chi connectivity index (χ4n) is 2.22. The zero-order valence-corrected chi connectivity index (χ0v) is 10.7. The van der Waals surface area contributed by atoms with Gasteiger partial charge < -0.3 is 14.6 Å². The van der Waals surface area contributed by atoms with E-state index in [2.05, 4.69) is 0 Å². The van der Waals surface area contributed by atoms with Crippen molar-refractivity contribution in [2.75, 3.05) is 0 Å². The lowest BCUT2D eigenvalue weighted by molar-refractivity contribution is -0.131. The zero-order chi connectivity index (χ0) is 15.0. The second-order valence-corrected chi connectivity index (χ2v) is 4.54. The molecule has 0 aliphatic heterocycles. The van der Waals surface area contributed by atoms with Gasteiger partial charge in [0.15, 0.2) is 0 Å². The molecule has 104 valence electrons. The van der Waals surface area contributed by atoms with Crippen LogP contribution in [-0.4, -0.2) is 16.2 Å². The van der Waals surface area contributed by atoms with Crippen LogP contribution in [0, 0.1) is 0 Å². The van der Waals surface area contributed by atoms with Crippen molar-refractivity contribution in [1.29, 1.82) is 0 Å². The van der Waals surface area contributed by atoms with E-state index in [0.717, 1.165) is 11.5 Å². The summed E-state index contributed by atoms with van der Waals surface area (Å²) in [4.78, 5) is 23.0. The highest BCUT2D eigenvalue weighted by Crippen LogP contribution is 2.26. The number of aromatic hydroxyl groups is 1. The van der Waals surface area contributed by atoms with Gasteiger partial charge in [-0.3, -0.25) is 4.79 Å². The number of phenols is 1. The van der Waals surface area contributed by atoms with Crippen molar-refractivity contribution in [3.63, 3.8) is 0 Å². The maximum absolute atomic E-state index is 12.5. The van der Waals surface area contributed by atoms with Crippen molar-refractivity contribution < 1.29 is 19.4 Å². The highest BCUT2D eigenvalue weighted by atomic mass is 16.4. The minimum atomic E-state index is -1.15. The van der Waals surface area contributed by atoms with Gasteiger partial charge in [-0.05, 0) is 29.7 Å². The van der Waals surface area contributed by atoms with E-state index in [1.54, 1.807) is 18.2 Å². The predicted molar refractivity (Wildman–Crippen MR) is 78.3 cm³/mol. The normalized spacial score (nSPS) is 11.4. The standard InChI is InChI=1S/C16H10O5/c17-11-4-1-9-2-5-13-15(12(9)7-11)16(20)10(8-21-13)3-6-14(18)19/h1-8,17H,(H,18,19). The molecule has 0 fully saturated rings. The molecule has 1 aromatic heterocycles. The summed E-state index contributed by atoms with van der Waals surface area (Å²) in [5.41, 5.74) is 0.177. The third kappa shape index (κ3) is 2.25. The number of hydrogen-bond donors (Lipinski definition) is 2. The average Bonchev–Trinajstić information content (AvgIpc) is 2.45. The zero-order valence-electron chi connectivity index (χ0n) is 10.7. The summed E-state index contributed by atoms with van der Waals surface area (Å²) in [5.74, 6) is -1.11. The Kier molecular flexibility index (Phi) is 2.95. The molecule has 2 N–H and O–H groups in total. The summed E-state index contributed by atoms with van der Waals surface area (Å²) >= 11 is 0. The van der Waals surface area contributed by atoms with Gasteiger partial charge in [0.25, 0.3) is 0 Å². The number of hydrogen-bond acceptors (Lipinski definition) is 4. The Morgan fingerprint density at radius 2 is 1.95 bits per heavy atom. The molecule has 0 aliphatic carbocycles. The van der Waals surface area contributed by atoms with Gasteiger partial charge in [0, 0.05) is 11.5 Å². The van der Waals surface area contributed by atoms with Gasteiger partial charge in [0.1, 0.15) is 17.6 Å². The van der Waals surface area contributed by atoms with Crippen LogP contribution in [0.25, 0.3) is 27.8 Å². The molecule has 0 unspecified atom stereocenters. The van der Waals surface area contributed by atoms with Crippen molar-refractivity contribution in [2.45, 2.75) is 0 Å². The Balaban J connectivity index is 2.40. The number of carbonyl (C=O) groups is 1. The van der Waals surface area contributed by atoms with Crippen molar-refractivity contribution >= 4 is 33.8 Å². The fraction of sp³-hybridized carbons (Fsp3) is 0. The van der Waals surface area contributed by atoms with Gasteiger partial charge in [0.05, 0.1) is 10.9 Å². The van der Waals surface area contributed by atoms with Crippen LogP contribution < -0.4 is 5.43 Å². The second-order valence-electron chi connectivity index (χ2n) is 4.54. The first kappa shape index (κ1) is 12.9. The number of carboxylic acids is 1. The van der Waals surface area contributed by atoms with E-state index in [4.69, 9.17) is 9.52 Å². The van der Waals surface area contributed by atoms with Gasteiger partial charge in [-0.2, -0.15) is 0 Å². The lowest BCUT2D eigenvalue weighted by Crippen LogP contribution is -2.05. The summed E-state index contributed by atoms with van der Waals surface area (Å²) in [7, 11) is 0. The monoisotopic (exact) mass is 282 g/mol. The molecule has 3 aromatic rings. The molecule has 2 aromatic carbocycles. The molecule has 0 aliphatic rings. The van der Waals surface area contributed by atoms with Gasteiger partial charge in [-0.1, -0.05) is 12.1 Å². The number of benzene rings is 2. The molecule has 5 nitrogen and oxygen atoms in total. The van der Waals surface area contributed by atoms with Gasteiger partial charge in [0.2, 0.25) is 5.43 Å². The smallest absolute Gasteiger partial charge is 0.328 e. The molecule has 0 atom stereocenters. The molecule has 0 amide bonds. The molecular formula is C16H10O5. The van der Waals surface area contributed by atoms with Crippen molar-refractivity contribution in [1.82, 2.24) is 0 Å². The summed E-state index contributed by atoms with van der Waals surface area (Å²) in [6.07, 6.45) is 3.29. The Hall–Kier alpha value is -3.08. The quantitative estimate of drug-likeness (QED) is 0.557. The Labute approximate surface area is 118 Å². The van der Waals surface area contributed by atoms with Crippen LogP contribution in [0.4, 0.5) is 0 Å². The number of fused-ring (bicyclic) bond motifs is 3. The van der Waals surface area contributed by atoms with E-state index in [1.807, 2.05) is 0 Å². The van der Waals surface area contributed by atoms with E-state index in [-0.39, 0.29) is 16.7 Å². The Morgan fingerprint density at radius 1 is 1.19 bits per heavy atom. The van der Waals surface area contributed by atoms with E-state index in [0.29, 0.717) is 16.4 Å². The topological polar surface area (TPSA) is 87.7 Å². The fourth-order valence-corrected chi connectivity index (χ4v) is 2.22. The first-order chi connectivity index (χ1) is 10.1. The maximum Gasteiger partial charge on any atom is 0.328 e. The lowest BCUT2D eigenvalue weighted by Gasteiger charge is -2.04. The number of rotatable bonds is 2. The van der Waals surface area contributed by atoms with E-state index < -0.39 is 5.97 Å². The number of carboxylic acid groups (broad SMARTS) is 1. The molecule has 0 radical (unpaired) electrons. The van der Waals surface area contributed by atoms with Crippen LogP contribution in [0.5, 0.6) is 5.75 Å². The van der Waals surface area contributed by atoms with Crippen molar-refractivity contribution in [3.05, 3.63) is 58.5 Å². The molecule has 1 heterocycles. The number of aliphatic carboxylic acids is 1. The third-order valence-electron chi connectivity index (χ3n) is 3.17. The molecule has 0 spiro atoms. The average molecular weight is 282 g/mol. The van der Waals surface area contributed by atoms with Crippen LogP contribution in [0.2, 0.25) is 0 Å². The highest BCUT2D eigenvalue weighted by Gasteiger charge is 2.10. The van der Waals surface area contributed by atoms with Gasteiger partial charge in [-0.15, -0.1) is 0 Å². The van der Waals surface area contributed by atoms with Crippen LogP contribution >= 0.6 is 0 Å². The van der Waals surface area contributed by atoms with Crippen LogP contribution in [-0.2, 0) is 4.79 Å². The summed E-state index contributed by atoms with van der Waals surface area (Å²) in [6, 6.07) is 8.17. The highest BCUT2D eigenvalue weighted by molar-refractivity contribution is 6.06. The summed E-state index contributed by atoms with van der Waals surface area (Å²) < 4.78 is 5.38. The largest absolute Gasteiger partial charge is 0.508 e. The third-order valence-corrected chi connectivity index (χ3v) is 3.17. The van der Waals surface area contributed by atoms with E-state index in [9.17, 15) is 14.7 Å². The number of phenolic OH excluding ortho intramolecular Hbond substituents is 1. The minimum absolute atomic E-state index is 0.0425. The molecular weight excluding hydrogens is 272 g/mol. The minimum Gasteiger partial charge on any atom is -0.508 e. The first-order valence-electron chi connectivity index (χ1n) is 6.14. The SMILES string of the molecule is O=C(O)C=Cc1coc2ccc3ccc(O)cc3c2c1=O. The second kappa shape index (κ2) is 4.79. The summed E-state index contributed by atoms with van der Waals surface area (Å²) in [6.45, 7) is 0. The summed E-state index contributed by atoms with van der Waals surface area (Å²) in [5, 5.41) is 19.9. The molecule has 0 bridgehead atoms. The maximum atomic E-state index is 12.5. The van der Waals surface area contributed by atoms with Crippen LogP contribution in [0.1, 0.15) is 5.56 Å². The van der Waals surface area contributed by atoms with Gasteiger partial charge in [-0.25, -0.2) is 4.79 Å². The molecule has 21 heavy (non-hydrogen) atoms. The van der Waals surface area contributed by atoms with Gasteiger partial charge >= 0.3 is 5.97 Å². The molecule has 5 heteroatoms. The molecule has 3 rings (SSSR count). The predicted octanol–water partition coefficient (Wildman–Crippen LogP) is 2.75. The molecule has 0 saturated carbocycles. The van der Waals surface area contributed by atoms with Crippen molar-refractivity contribution in [2.24, 2.45) is 0 Å². The van der Waals surface area contributed by atoms with Crippen LogP contribution in [0.15, 0.2) is 51.9 Å². The first-order valence-corrected chi connectivity index (χ1v) is 6.14. The van der Waals surface area contributed by atoms with E-state index in [1.165, 1.54) is 24.5 Å². The Bertz CT molecular complexity index is 950. The van der Waals surface area contributed by atoms with Crippen molar-refractivity contribution in [3.8, 4) is 5.75 Å². The molecule has 0 saturated heterocycles. The van der Waals surface area contributed by atoms with E-state index >= 15 is 0 Å². The lowest BCUT2D eigenvalue weighted by atomic mass is 10.0.